The fourth-order valence-electron chi connectivity index (χ4n) is 4.78. The molecule has 1 aliphatic heterocycles. The van der Waals surface area contributed by atoms with Gasteiger partial charge in [-0.1, -0.05) is 6.07 Å². The van der Waals surface area contributed by atoms with Crippen molar-refractivity contribution in [1.82, 2.24) is 0 Å². The van der Waals surface area contributed by atoms with E-state index < -0.39 is 0 Å². The third kappa shape index (κ3) is 1.49. The molecule has 2 aliphatic carbocycles. The summed E-state index contributed by atoms with van der Waals surface area (Å²) >= 11 is 0. The van der Waals surface area contributed by atoms with Crippen LogP contribution in [0.3, 0.4) is 0 Å². The van der Waals surface area contributed by atoms with E-state index in [1.54, 1.807) is 6.07 Å². The van der Waals surface area contributed by atoms with Gasteiger partial charge in [0.15, 0.2) is 0 Å². The summed E-state index contributed by atoms with van der Waals surface area (Å²) in [7, 11) is 0. The molecule has 106 valence electrons. The zero-order valence-corrected chi connectivity index (χ0v) is 11.8. The SMILES string of the molecule is CC12CCC3c4ccc(O)cc4CCC3C1COC2=O. The molecule has 1 aromatic carbocycles. The highest BCUT2D eigenvalue weighted by atomic mass is 16.5. The Morgan fingerprint density at radius 3 is 3.05 bits per heavy atom. The van der Waals surface area contributed by atoms with Gasteiger partial charge in [0.05, 0.1) is 12.0 Å². The van der Waals surface area contributed by atoms with Crippen LogP contribution in [0.1, 0.15) is 43.2 Å². The first-order valence-corrected chi connectivity index (χ1v) is 7.58. The largest absolute Gasteiger partial charge is 0.508 e. The second-order valence-corrected chi connectivity index (χ2v) is 6.85. The monoisotopic (exact) mass is 272 g/mol. The molecule has 0 aromatic heterocycles. The van der Waals surface area contributed by atoms with Crippen molar-refractivity contribution in [2.24, 2.45) is 17.3 Å². The summed E-state index contributed by atoms with van der Waals surface area (Å²) in [4.78, 5) is 12.0. The lowest BCUT2D eigenvalue weighted by Gasteiger charge is -2.46. The van der Waals surface area contributed by atoms with Gasteiger partial charge < -0.3 is 9.84 Å². The van der Waals surface area contributed by atoms with Crippen molar-refractivity contribution in [2.45, 2.75) is 38.5 Å². The van der Waals surface area contributed by atoms with Gasteiger partial charge in [0.25, 0.3) is 0 Å². The predicted octanol–water partition coefficient (Wildman–Crippen LogP) is 3.01. The maximum Gasteiger partial charge on any atom is 0.312 e. The molecule has 0 spiro atoms. The third-order valence-electron chi connectivity index (χ3n) is 5.96. The Morgan fingerprint density at radius 1 is 1.35 bits per heavy atom. The zero-order chi connectivity index (χ0) is 13.9. The molecule has 20 heavy (non-hydrogen) atoms. The van der Waals surface area contributed by atoms with Gasteiger partial charge in [-0.15, -0.1) is 0 Å². The van der Waals surface area contributed by atoms with E-state index in [2.05, 4.69) is 13.0 Å². The third-order valence-corrected chi connectivity index (χ3v) is 5.96. The van der Waals surface area contributed by atoms with Crippen molar-refractivity contribution in [1.29, 1.82) is 0 Å². The van der Waals surface area contributed by atoms with Crippen LogP contribution in [0.15, 0.2) is 18.2 Å². The number of phenols is 1. The number of cyclic esters (lactones) is 1. The summed E-state index contributed by atoms with van der Waals surface area (Å²) < 4.78 is 5.38. The van der Waals surface area contributed by atoms with Crippen molar-refractivity contribution in [3.63, 3.8) is 0 Å². The van der Waals surface area contributed by atoms with Crippen LogP contribution in [-0.4, -0.2) is 17.7 Å². The molecule has 4 atom stereocenters. The van der Waals surface area contributed by atoms with E-state index in [0.29, 0.717) is 30.1 Å². The summed E-state index contributed by atoms with van der Waals surface area (Å²) in [6.07, 6.45) is 4.10. The Kier molecular flexibility index (Phi) is 2.45. The first-order chi connectivity index (χ1) is 9.59. The Bertz CT molecular complexity index is 580. The number of hydrogen-bond donors (Lipinski definition) is 1. The molecule has 3 nitrogen and oxygen atoms in total. The maximum atomic E-state index is 12.0. The molecule has 1 N–H and O–H groups in total. The molecule has 3 aliphatic rings. The number of esters is 1. The summed E-state index contributed by atoms with van der Waals surface area (Å²) in [5.74, 6) is 1.83. The van der Waals surface area contributed by atoms with Crippen LogP contribution in [0.4, 0.5) is 0 Å². The van der Waals surface area contributed by atoms with Gasteiger partial charge in [0.1, 0.15) is 5.75 Å². The number of rotatable bonds is 0. The van der Waals surface area contributed by atoms with Crippen LogP contribution in [-0.2, 0) is 16.0 Å². The Balaban J connectivity index is 1.73. The normalized spacial score (nSPS) is 38.6. The maximum absolute atomic E-state index is 12.0. The van der Waals surface area contributed by atoms with Crippen LogP contribution < -0.4 is 0 Å². The average Bonchev–Trinajstić information content (AvgIpc) is 2.74. The number of aryl methyl sites for hydroxylation is 1. The highest BCUT2D eigenvalue weighted by Gasteiger charge is 2.56. The van der Waals surface area contributed by atoms with Crippen molar-refractivity contribution in [3.8, 4) is 5.75 Å². The summed E-state index contributed by atoms with van der Waals surface area (Å²) in [6, 6.07) is 5.79. The van der Waals surface area contributed by atoms with Crippen molar-refractivity contribution >= 4 is 5.97 Å². The summed E-state index contributed by atoms with van der Waals surface area (Å²) in [5, 5.41) is 9.65. The van der Waals surface area contributed by atoms with E-state index in [0.717, 1.165) is 25.7 Å². The Hall–Kier alpha value is -1.51. The number of phenolic OH excluding ortho intramolecular Hbond substituents is 1. The van der Waals surface area contributed by atoms with E-state index in [9.17, 15) is 9.90 Å². The van der Waals surface area contributed by atoms with Gasteiger partial charge in [-0.2, -0.15) is 0 Å². The van der Waals surface area contributed by atoms with Gasteiger partial charge in [-0.25, -0.2) is 0 Å². The van der Waals surface area contributed by atoms with Crippen LogP contribution >= 0.6 is 0 Å². The van der Waals surface area contributed by atoms with E-state index >= 15 is 0 Å². The Morgan fingerprint density at radius 2 is 2.20 bits per heavy atom. The van der Waals surface area contributed by atoms with Gasteiger partial charge >= 0.3 is 5.97 Å². The Labute approximate surface area is 118 Å². The highest BCUT2D eigenvalue weighted by molar-refractivity contribution is 5.79. The van der Waals surface area contributed by atoms with Crippen molar-refractivity contribution in [3.05, 3.63) is 29.3 Å². The fraction of sp³-hybridized carbons (Fsp3) is 0.588. The lowest BCUT2D eigenvalue weighted by molar-refractivity contribution is -0.147. The molecule has 0 bridgehead atoms. The van der Waals surface area contributed by atoms with Crippen LogP contribution in [0.25, 0.3) is 0 Å². The highest BCUT2D eigenvalue weighted by Crippen LogP contribution is 2.57. The number of fused-ring (bicyclic) bond motifs is 5. The minimum absolute atomic E-state index is 0.0115. The second-order valence-electron chi connectivity index (χ2n) is 6.85. The molecular weight excluding hydrogens is 252 g/mol. The molecule has 1 aromatic rings. The molecule has 2 fully saturated rings. The zero-order valence-electron chi connectivity index (χ0n) is 11.8. The number of carbonyl (C=O) groups excluding carboxylic acids is 1. The minimum atomic E-state index is -0.254. The summed E-state index contributed by atoms with van der Waals surface area (Å²) in [5.41, 5.74) is 2.43. The van der Waals surface area contributed by atoms with E-state index in [1.807, 2.05) is 6.07 Å². The van der Waals surface area contributed by atoms with Gasteiger partial charge in [0.2, 0.25) is 0 Å². The second kappa shape index (κ2) is 4.00. The number of hydrogen-bond acceptors (Lipinski definition) is 3. The van der Waals surface area contributed by atoms with Gasteiger partial charge in [-0.3, -0.25) is 4.79 Å². The number of carbonyl (C=O) groups is 1. The van der Waals surface area contributed by atoms with E-state index in [4.69, 9.17) is 4.74 Å². The molecule has 3 heteroatoms. The topological polar surface area (TPSA) is 46.5 Å². The van der Waals surface area contributed by atoms with Crippen LogP contribution in [0, 0.1) is 17.3 Å². The lowest BCUT2D eigenvalue weighted by Crippen LogP contribution is -2.43. The summed E-state index contributed by atoms with van der Waals surface area (Å²) in [6.45, 7) is 2.69. The first kappa shape index (κ1) is 12.2. The minimum Gasteiger partial charge on any atom is -0.508 e. The molecule has 4 unspecified atom stereocenters. The molecule has 1 saturated heterocycles. The number of aromatic hydroxyl groups is 1. The van der Waals surface area contributed by atoms with E-state index in [-0.39, 0.29) is 11.4 Å². The quantitative estimate of drug-likeness (QED) is 0.738. The molecule has 1 saturated carbocycles. The fourth-order valence-corrected chi connectivity index (χ4v) is 4.78. The molecule has 1 heterocycles. The van der Waals surface area contributed by atoms with Crippen LogP contribution in [0.5, 0.6) is 5.75 Å². The van der Waals surface area contributed by atoms with Crippen LogP contribution in [0.2, 0.25) is 0 Å². The molecule has 0 radical (unpaired) electrons. The van der Waals surface area contributed by atoms with E-state index in [1.165, 1.54) is 11.1 Å². The molecular formula is C17H20O3. The standard InChI is InChI=1S/C17H20O3/c1-17-7-6-13-12-5-3-11(18)8-10(12)2-4-14(13)15(17)9-20-16(17)19/h3,5,8,13-15,18H,2,4,6-7,9H2,1H3. The lowest BCUT2D eigenvalue weighted by atomic mass is 9.55. The number of benzene rings is 1. The smallest absolute Gasteiger partial charge is 0.312 e. The van der Waals surface area contributed by atoms with Gasteiger partial charge in [-0.05, 0) is 67.7 Å². The molecule has 4 rings (SSSR count). The van der Waals surface area contributed by atoms with Crippen molar-refractivity contribution < 1.29 is 14.6 Å². The van der Waals surface area contributed by atoms with Gasteiger partial charge in [0, 0.05) is 5.92 Å². The molecule has 0 amide bonds. The van der Waals surface area contributed by atoms with Crippen molar-refractivity contribution in [2.75, 3.05) is 6.61 Å². The first-order valence-electron chi connectivity index (χ1n) is 7.58. The average molecular weight is 272 g/mol. The number of ether oxygens (including phenoxy) is 1. The predicted molar refractivity (Wildman–Crippen MR) is 74.4 cm³/mol.